The maximum Gasteiger partial charge on any atom is 0.175 e. The van der Waals surface area contributed by atoms with E-state index in [0.29, 0.717) is 16.4 Å². The summed E-state index contributed by atoms with van der Waals surface area (Å²) in [6, 6.07) is 17.5. The molecule has 2 N–H and O–H groups in total. The van der Waals surface area contributed by atoms with E-state index >= 15 is 0 Å². The summed E-state index contributed by atoms with van der Waals surface area (Å²) >= 11 is 5.26. The molecule has 0 aliphatic carbocycles. The number of nitrogens with one attached hydrogen (secondary N) is 2. The number of benzene rings is 2. The molecule has 4 heteroatoms. The van der Waals surface area contributed by atoms with Crippen molar-refractivity contribution in [1.82, 2.24) is 0 Å². The normalized spacial score (nSPS) is 9.60. The van der Waals surface area contributed by atoms with E-state index < -0.39 is 0 Å². The highest BCUT2D eigenvalue weighted by Crippen LogP contribution is 2.15. The van der Waals surface area contributed by atoms with Gasteiger partial charge in [-0.2, -0.15) is 5.26 Å². The van der Waals surface area contributed by atoms with Crippen LogP contribution in [-0.2, 0) is 6.42 Å². The van der Waals surface area contributed by atoms with Crippen molar-refractivity contribution >= 4 is 28.7 Å². The zero-order valence-electron chi connectivity index (χ0n) is 11.2. The minimum Gasteiger partial charge on any atom is -0.332 e. The fourth-order valence-corrected chi connectivity index (χ4v) is 2.03. The maximum atomic E-state index is 9.03. The van der Waals surface area contributed by atoms with E-state index in [1.807, 2.05) is 30.3 Å². The van der Waals surface area contributed by atoms with Crippen molar-refractivity contribution < 1.29 is 0 Å². The summed E-state index contributed by atoms with van der Waals surface area (Å²) in [5.41, 5.74) is 3.48. The van der Waals surface area contributed by atoms with E-state index in [2.05, 4.69) is 35.8 Å². The third-order valence-electron chi connectivity index (χ3n) is 2.92. The van der Waals surface area contributed by atoms with E-state index in [0.717, 1.165) is 12.1 Å². The van der Waals surface area contributed by atoms with E-state index in [1.165, 1.54) is 5.56 Å². The number of aryl methyl sites for hydroxylation is 1. The smallest absolute Gasteiger partial charge is 0.175 e. The third-order valence-corrected chi connectivity index (χ3v) is 3.12. The van der Waals surface area contributed by atoms with Crippen molar-refractivity contribution in [2.75, 3.05) is 10.6 Å². The number of para-hydroxylation sites is 1. The van der Waals surface area contributed by atoms with Crippen molar-refractivity contribution in [3.05, 3.63) is 59.7 Å². The number of rotatable bonds is 3. The Morgan fingerprint density at radius 3 is 2.45 bits per heavy atom. The number of nitriles is 1. The molecule has 3 nitrogen and oxygen atoms in total. The van der Waals surface area contributed by atoms with Crippen molar-refractivity contribution in [1.29, 1.82) is 5.26 Å². The minimum absolute atomic E-state index is 0.469. The van der Waals surface area contributed by atoms with Crippen LogP contribution >= 0.6 is 12.2 Å². The van der Waals surface area contributed by atoms with Crippen molar-refractivity contribution in [3.63, 3.8) is 0 Å². The van der Waals surface area contributed by atoms with Gasteiger partial charge in [-0.15, -0.1) is 0 Å². The first kappa shape index (κ1) is 14.0. The van der Waals surface area contributed by atoms with Crippen molar-refractivity contribution in [3.8, 4) is 6.07 Å². The Balaban J connectivity index is 2.03. The van der Waals surface area contributed by atoms with Gasteiger partial charge in [0.2, 0.25) is 0 Å². The molecule has 0 amide bonds. The van der Waals surface area contributed by atoms with Crippen LogP contribution in [0.15, 0.2) is 48.5 Å². The zero-order chi connectivity index (χ0) is 14.4. The molecule has 0 aliphatic rings. The van der Waals surface area contributed by atoms with Gasteiger partial charge in [-0.25, -0.2) is 0 Å². The lowest BCUT2D eigenvalue weighted by Crippen LogP contribution is -2.19. The van der Waals surface area contributed by atoms with Crippen LogP contribution in [0.3, 0.4) is 0 Å². The standard InChI is InChI=1S/C16H15N3S/c1-2-12-7-9-14(10-8-12)18-16(20)19-15-6-4-3-5-13(15)11-17/h3-10H,2H2,1H3,(H2,18,19,20). The Hall–Kier alpha value is -2.38. The van der Waals surface area contributed by atoms with Gasteiger partial charge in [-0.3, -0.25) is 0 Å². The fraction of sp³-hybridized carbons (Fsp3) is 0.125. The first-order chi connectivity index (χ1) is 9.72. The molecule has 0 spiro atoms. The summed E-state index contributed by atoms with van der Waals surface area (Å²) in [6.45, 7) is 2.12. The molecule has 0 saturated heterocycles. The molecule has 2 rings (SSSR count). The predicted molar refractivity (Wildman–Crippen MR) is 86.8 cm³/mol. The van der Waals surface area contributed by atoms with E-state index in [9.17, 15) is 0 Å². The molecular weight excluding hydrogens is 266 g/mol. The van der Waals surface area contributed by atoms with Crippen LogP contribution in [0, 0.1) is 11.3 Å². The third kappa shape index (κ3) is 3.56. The monoisotopic (exact) mass is 281 g/mol. The maximum absolute atomic E-state index is 9.03. The molecule has 2 aromatic rings. The molecule has 0 bridgehead atoms. The highest BCUT2D eigenvalue weighted by atomic mass is 32.1. The summed E-state index contributed by atoms with van der Waals surface area (Å²) < 4.78 is 0. The summed E-state index contributed by atoms with van der Waals surface area (Å²) in [5, 5.41) is 15.6. The molecule has 2 aromatic carbocycles. The second-order valence-corrected chi connectivity index (χ2v) is 4.70. The lowest BCUT2D eigenvalue weighted by Gasteiger charge is -2.11. The number of hydrogen-bond acceptors (Lipinski definition) is 2. The average Bonchev–Trinajstić information content (AvgIpc) is 2.48. The van der Waals surface area contributed by atoms with Crippen molar-refractivity contribution in [2.45, 2.75) is 13.3 Å². The molecule has 100 valence electrons. The van der Waals surface area contributed by atoms with Gasteiger partial charge in [-0.1, -0.05) is 31.2 Å². The lowest BCUT2D eigenvalue weighted by atomic mass is 10.1. The van der Waals surface area contributed by atoms with Crippen molar-refractivity contribution in [2.24, 2.45) is 0 Å². The van der Waals surface area contributed by atoms with Gasteiger partial charge < -0.3 is 10.6 Å². The highest BCUT2D eigenvalue weighted by molar-refractivity contribution is 7.80. The Morgan fingerprint density at radius 1 is 1.10 bits per heavy atom. The molecule has 0 heterocycles. The number of anilines is 2. The van der Waals surface area contributed by atoms with E-state index in [-0.39, 0.29) is 0 Å². The first-order valence-corrected chi connectivity index (χ1v) is 6.80. The lowest BCUT2D eigenvalue weighted by molar-refractivity contribution is 1.14. The van der Waals surface area contributed by atoms with Crippen LogP contribution in [0.25, 0.3) is 0 Å². The molecule has 0 atom stereocenters. The quantitative estimate of drug-likeness (QED) is 0.837. The summed E-state index contributed by atoms with van der Waals surface area (Å²) in [6.07, 6.45) is 1.01. The van der Waals surface area contributed by atoms with Gasteiger partial charge >= 0.3 is 0 Å². The van der Waals surface area contributed by atoms with Gasteiger partial charge in [0, 0.05) is 5.69 Å². The highest BCUT2D eigenvalue weighted by Gasteiger charge is 2.03. The number of thiocarbonyl (C=S) groups is 1. The summed E-state index contributed by atoms with van der Waals surface area (Å²) in [7, 11) is 0. The summed E-state index contributed by atoms with van der Waals surface area (Å²) in [5.74, 6) is 0. The fourth-order valence-electron chi connectivity index (χ4n) is 1.80. The van der Waals surface area contributed by atoms with Crippen LogP contribution in [0.1, 0.15) is 18.1 Å². The van der Waals surface area contributed by atoms with Crippen LogP contribution < -0.4 is 10.6 Å². The molecule has 0 aliphatic heterocycles. The predicted octanol–water partition coefficient (Wildman–Crippen LogP) is 3.93. The topological polar surface area (TPSA) is 47.8 Å². The van der Waals surface area contributed by atoms with Gasteiger partial charge in [-0.05, 0) is 48.5 Å². The Kier molecular flexibility index (Phi) is 4.70. The molecule has 0 aromatic heterocycles. The molecule has 0 saturated carbocycles. The van der Waals surface area contributed by atoms with E-state index in [1.54, 1.807) is 6.07 Å². The number of hydrogen-bond donors (Lipinski definition) is 2. The van der Waals surface area contributed by atoms with E-state index in [4.69, 9.17) is 17.5 Å². The number of nitrogens with zero attached hydrogens (tertiary/aromatic N) is 1. The molecule has 20 heavy (non-hydrogen) atoms. The minimum atomic E-state index is 0.469. The molecule has 0 fully saturated rings. The van der Waals surface area contributed by atoms with Crippen LogP contribution in [0.5, 0.6) is 0 Å². The SMILES string of the molecule is CCc1ccc(NC(=S)Nc2ccccc2C#N)cc1. The first-order valence-electron chi connectivity index (χ1n) is 6.39. The molecule has 0 radical (unpaired) electrons. The van der Waals surface area contributed by atoms with Crippen LogP contribution in [0.2, 0.25) is 0 Å². The molecule has 0 unspecified atom stereocenters. The van der Waals surface area contributed by atoms with Gasteiger partial charge in [0.15, 0.2) is 5.11 Å². The summed E-state index contributed by atoms with van der Waals surface area (Å²) in [4.78, 5) is 0. The van der Waals surface area contributed by atoms with Gasteiger partial charge in [0.05, 0.1) is 11.3 Å². The second kappa shape index (κ2) is 6.69. The van der Waals surface area contributed by atoms with Gasteiger partial charge in [0.1, 0.15) is 6.07 Å². The largest absolute Gasteiger partial charge is 0.332 e. The Morgan fingerprint density at radius 2 is 1.80 bits per heavy atom. The average molecular weight is 281 g/mol. The van der Waals surface area contributed by atoms with Crippen LogP contribution in [-0.4, -0.2) is 5.11 Å². The molecular formula is C16H15N3S. The Bertz CT molecular complexity index is 642. The second-order valence-electron chi connectivity index (χ2n) is 4.29. The van der Waals surface area contributed by atoms with Crippen LogP contribution in [0.4, 0.5) is 11.4 Å². The van der Waals surface area contributed by atoms with Gasteiger partial charge in [0.25, 0.3) is 0 Å². The Labute approximate surface area is 124 Å². The zero-order valence-corrected chi connectivity index (χ0v) is 12.0.